The van der Waals surface area contributed by atoms with Gasteiger partial charge >= 0.3 is 5.97 Å². The standard InChI is InChI=1S/C21H21NO3/c23-20(22-16-10-7-15(8-11-16)21(24)25)18-12-9-14-4-1-3-13-5-2-6-17(18)19(13)14/h7-13H,1-6H2,(H,22,23)(H,24,25). The molecule has 25 heavy (non-hydrogen) atoms. The summed E-state index contributed by atoms with van der Waals surface area (Å²) in [4.78, 5) is 23.7. The van der Waals surface area contributed by atoms with Crippen LogP contribution in [0.15, 0.2) is 36.4 Å². The maximum atomic E-state index is 12.8. The minimum absolute atomic E-state index is 0.105. The van der Waals surface area contributed by atoms with E-state index in [4.69, 9.17) is 5.11 Å². The quantitative estimate of drug-likeness (QED) is 0.874. The van der Waals surface area contributed by atoms with Crippen molar-refractivity contribution in [2.75, 3.05) is 5.32 Å². The highest BCUT2D eigenvalue weighted by Gasteiger charge is 2.29. The molecular weight excluding hydrogens is 314 g/mol. The van der Waals surface area contributed by atoms with E-state index in [-0.39, 0.29) is 11.5 Å². The van der Waals surface area contributed by atoms with Crippen LogP contribution in [0.1, 0.15) is 69.0 Å². The van der Waals surface area contributed by atoms with Crippen molar-refractivity contribution in [3.05, 3.63) is 64.2 Å². The Bertz CT molecular complexity index is 837. The Balaban J connectivity index is 1.62. The SMILES string of the molecule is O=C(O)c1ccc(NC(=O)c2ccc3c4c2CCCC4CCC3)cc1. The Morgan fingerprint density at radius 3 is 2.40 bits per heavy atom. The third-order valence-corrected chi connectivity index (χ3v) is 5.47. The van der Waals surface area contributed by atoms with E-state index in [1.807, 2.05) is 6.07 Å². The Hall–Kier alpha value is -2.62. The van der Waals surface area contributed by atoms with Crippen LogP contribution in [-0.2, 0) is 12.8 Å². The molecule has 2 N–H and O–H groups in total. The number of carbonyl (C=O) groups excluding carboxylic acids is 1. The third-order valence-electron chi connectivity index (χ3n) is 5.47. The molecule has 4 heteroatoms. The van der Waals surface area contributed by atoms with Crippen molar-refractivity contribution >= 4 is 17.6 Å². The Kier molecular flexibility index (Phi) is 4.04. The molecule has 2 aromatic rings. The average molecular weight is 335 g/mol. The van der Waals surface area contributed by atoms with Gasteiger partial charge in [-0.1, -0.05) is 6.07 Å². The smallest absolute Gasteiger partial charge is 0.335 e. The lowest BCUT2D eigenvalue weighted by Crippen LogP contribution is -2.22. The lowest BCUT2D eigenvalue weighted by Gasteiger charge is -2.33. The molecule has 0 spiro atoms. The molecule has 0 saturated carbocycles. The van der Waals surface area contributed by atoms with Crippen molar-refractivity contribution in [3.8, 4) is 0 Å². The summed E-state index contributed by atoms with van der Waals surface area (Å²) in [5.41, 5.74) is 5.69. The molecule has 4 nitrogen and oxygen atoms in total. The minimum atomic E-state index is -0.969. The summed E-state index contributed by atoms with van der Waals surface area (Å²) >= 11 is 0. The van der Waals surface area contributed by atoms with Crippen LogP contribution in [0.4, 0.5) is 5.69 Å². The van der Waals surface area contributed by atoms with Gasteiger partial charge in [-0.15, -0.1) is 0 Å². The maximum Gasteiger partial charge on any atom is 0.335 e. The predicted molar refractivity (Wildman–Crippen MR) is 96.4 cm³/mol. The fourth-order valence-corrected chi connectivity index (χ4v) is 4.31. The first-order valence-corrected chi connectivity index (χ1v) is 8.93. The van der Waals surface area contributed by atoms with Gasteiger partial charge in [-0.25, -0.2) is 4.79 Å². The molecule has 1 atom stereocenters. The van der Waals surface area contributed by atoms with E-state index >= 15 is 0 Å². The number of carbonyl (C=O) groups is 2. The van der Waals surface area contributed by atoms with E-state index in [0.717, 1.165) is 24.8 Å². The molecule has 0 fully saturated rings. The second kappa shape index (κ2) is 6.36. The number of aryl methyl sites for hydroxylation is 1. The second-order valence-electron chi connectivity index (χ2n) is 6.98. The van der Waals surface area contributed by atoms with Crippen LogP contribution < -0.4 is 5.32 Å². The van der Waals surface area contributed by atoms with E-state index in [2.05, 4.69) is 11.4 Å². The number of aromatic carboxylic acids is 1. The molecule has 2 aliphatic rings. The van der Waals surface area contributed by atoms with Crippen molar-refractivity contribution in [2.24, 2.45) is 0 Å². The first-order chi connectivity index (χ1) is 12.1. The van der Waals surface area contributed by atoms with Gasteiger partial charge in [0.15, 0.2) is 0 Å². The molecule has 0 heterocycles. The monoisotopic (exact) mass is 335 g/mol. The van der Waals surface area contributed by atoms with E-state index < -0.39 is 5.97 Å². The Morgan fingerprint density at radius 1 is 0.960 bits per heavy atom. The van der Waals surface area contributed by atoms with Gasteiger partial charge in [-0.3, -0.25) is 4.79 Å². The van der Waals surface area contributed by atoms with Gasteiger partial charge < -0.3 is 10.4 Å². The highest BCUT2D eigenvalue weighted by Crippen LogP contribution is 2.42. The number of carboxylic acid groups (broad SMARTS) is 1. The van der Waals surface area contributed by atoms with Crippen molar-refractivity contribution in [1.82, 2.24) is 0 Å². The van der Waals surface area contributed by atoms with Crippen LogP contribution in [0.2, 0.25) is 0 Å². The fourth-order valence-electron chi connectivity index (χ4n) is 4.31. The number of hydrogen-bond donors (Lipinski definition) is 2. The molecule has 0 bridgehead atoms. The minimum Gasteiger partial charge on any atom is -0.478 e. The topological polar surface area (TPSA) is 66.4 Å². The zero-order chi connectivity index (χ0) is 17.4. The zero-order valence-corrected chi connectivity index (χ0v) is 14.0. The van der Waals surface area contributed by atoms with Crippen LogP contribution in [0.5, 0.6) is 0 Å². The summed E-state index contributed by atoms with van der Waals surface area (Å²) < 4.78 is 0. The molecule has 128 valence electrons. The van der Waals surface area contributed by atoms with Crippen LogP contribution in [0.25, 0.3) is 0 Å². The molecular formula is C21H21NO3. The fraction of sp³-hybridized carbons (Fsp3) is 0.333. The number of anilines is 1. The molecule has 0 radical (unpaired) electrons. The molecule has 0 aromatic heterocycles. The lowest BCUT2D eigenvalue weighted by atomic mass is 9.72. The normalized spacial score (nSPS) is 18.3. The lowest BCUT2D eigenvalue weighted by molar-refractivity contribution is 0.0696. The van der Waals surface area contributed by atoms with E-state index in [1.165, 1.54) is 48.1 Å². The van der Waals surface area contributed by atoms with Crippen molar-refractivity contribution in [2.45, 2.75) is 44.4 Å². The Morgan fingerprint density at radius 2 is 1.68 bits per heavy atom. The Labute approximate surface area is 146 Å². The number of nitrogens with one attached hydrogen (secondary N) is 1. The van der Waals surface area contributed by atoms with E-state index in [9.17, 15) is 9.59 Å². The zero-order valence-electron chi connectivity index (χ0n) is 14.0. The highest BCUT2D eigenvalue weighted by atomic mass is 16.4. The van der Waals surface area contributed by atoms with Crippen molar-refractivity contribution in [3.63, 3.8) is 0 Å². The molecule has 2 aliphatic carbocycles. The summed E-state index contributed by atoms with van der Waals surface area (Å²) in [6.07, 6.45) is 6.97. The molecule has 4 rings (SSSR count). The first kappa shape index (κ1) is 15.9. The first-order valence-electron chi connectivity index (χ1n) is 8.93. The van der Waals surface area contributed by atoms with Crippen LogP contribution >= 0.6 is 0 Å². The third kappa shape index (κ3) is 2.93. The molecule has 0 saturated heterocycles. The average Bonchev–Trinajstić information content (AvgIpc) is 2.63. The van der Waals surface area contributed by atoms with Gasteiger partial charge in [0.2, 0.25) is 0 Å². The highest BCUT2D eigenvalue weighted by molar-refractivity contribution is 6.06. The van der Waals surface area contributed by atoms with E-state index in [0.29, 0.717) is 11.6 Å². The van der Waals surface area contributed by atoms with Crippen LogP contribution in [0, 0.1) is 0 Å². The summed E-state index contributed by atoms with van der Waals surface area (Å²) in [7, 11) is 0. The largest absolute Gasteiger partial charge is 0.478 e. The van der Waals surface area contributed by atoms with Gasteiger partial charge in [0.05, 0.1) is 5.56 Å². The summed E-state index contributed by atoms with van der Waals surface area (Å²) in [5, 5.41) is 11.9. The molecule has 2 aromatic carbocycles. The second-order valence-corrected chi connectivity index (χ2v) is 6.98. The van der Waals surface area contributed by atoms with E-state index in [1.54, 1.807) is 12.1 Å². The number of amides is 1. The van der Waals surface area contributed by atoms with Gasteiger partial charge in [-0.2, -0.15) is 0 Å². The summed E-state index contributed by atoms with van der Waals surface area (Å²) in [6, 6.07) is 10.4. The molecule has 1 amide bonds. The van der Waals surface area contributed by atoms with Gasteiger partial charge in [0.1, 0.15) is 0 Å². The van der Waals surface area contributed by atoms with Crippen LogP contribution in [0.3, 0.4) is 0 Å². The summed E-state index contributed by atoms with van der Waals surface area (Å²) in [6.45, 7) is 0. The number of rotatable bonds is 3. The molecule has 0 aliphatic heterocycles. The number of carboxylic acids is 1. The number of hydrogen-bond acceptors (Lipinski definition) is 2. The molecule has 1 unspecified atom stereocenters. The maximum absolute atomic E-state index is 12.8. The van der Waals surface area contributed by atoms with Crippen LogP contribution in [-0.4, -0.2) is 17.0 Å². The summed E-state index contributed by atoms with van der Waals surface area (Å²) in [5.74, 6) is -0.453. The predicted octanol–water partition coefficient (Wildman–Crippen LogP) is 4.39. The van der Waals surface area contributed by atoms with Gasteiger partial charge in [-0.05, 0) is 91.5 Å². The van der Waals surface area contributed by atoms with Crippen molar-refractivity contribution in [1.29, 1.82) is 0 Å². The van der Waals surface area contributed by atoms with Crippen molar-refractivity contribution < 1.29 is 14.7 Å². The van der Waals surface area contributed by atoms with Gasteiger partial charge in [0.25, 0.3) is 5.91 Å². The van der Waals surface area contributed by atoms with Gasteiger partial charge in [0, 0.05) is 11.3 Å². The number of benzene rings is 2.